The van der Waals surface area contributed by atoms with Gasteiger partial charge in [0.25, 0.3) is 0 Å². The lowest BCUT2D eigenvalue weighted by molar-refractivity contribution is -0.151. The van der Waals surface area contributed by atoms with E-state index in [-0.39, 0.29) is 35.8 Å². The second-order valence-electron chi connectivity index (χ2n) is 6.99. The van der Waals surface area contributed by atoms with Crippen LogP contribution in [-0.2, 0) is 19.1 Å². The van der Waals surface area contributed by atoms with Gasteiger partial charge in [0.15, 0.2) is 12.2 Å². The standard InChI is InChI=1S/C24H30O8/c1-5-29-23(27)15(3)31-19-13-9-7-11-17(19)21(25)22(26)18-12-8-10-14-20(18)32-16(4)24(28)30-6-2/h7-16,21-22,25-26H,5-6H2,1-4H3. The summed E-state index contributed by atoms with van der Waals surface area (Å²) >= 11 is 0. The second-order valence-corrected chi connectivity index (χ2v) is 6.99. The molecular formula is C24H30O8. The summed E-state index contributed by atoms with van der Waals surface area (Å²) in [6.45, 7) is 6.91. The fourth-order valence-corrected chi connectivity index (χ4v) is 3.00. The van der Waals surface area contributed by atoms with E-state index in [2.05, 4.69) is 0 Å². The Hall–Kier alpha value is -3.10. The Morgan fingerprint density at radius 2 is 1.06 bits per heavy atom. The maximum Gasteiger partial charge on any atom is 0.347 e. The molecule has 0 heterocycles. The van der Waals surface area contributed by atoms with Crippen molar-refractivity contribution in [3.05, 3.63) is 59.7 Å². The summed E-state index contributed by atoms with van der Waals surface area (Å²) in [6, 6.07) is 13.1. The third kappa shape index (κ3) is 6.45. The Balaban J connectivity index is 2.26. The quantitative estimate of drug-likeness (QED) is 0.507. The van der Waals surface area contributed by atoms with Gasteiger partial charge in [-0.3, -0.25) is 0 Å². The molecule has 8 heteroatoms. The molecular weight excluding hydrogens is 416 g/mol. The molecule has 0 radical (unpaired) electrons. The molecule has 0 fully saturated rings. The van der Waals surface area contributed by atoms with E-state index < -0.39 is 36.4 Å². The van der Waals surface area contributed by atoms with Crippen LogP contribution in [0.25, 0.3) is 0 Å². The molecule has 4 unspecified atom stereocenters. The van der Waals surface area contributed by atoms with Crippen molar-refractivity contribution in [3.8, 4) is 11.5 Å². The molecule has 0 bridgehead atoms. The largest absolute Gasteiger partial charge is 0.479 e. The van der Waals surface area contributed by atoms with Gasteiger partial charge in [0.2, 0.25) is 0 Å². The molecule has 2 N–H and O–H groups in total. The molecule has 0 aliphatic carbocycles. The molecule has 4 atom stereocenters. The molecule has 2 aromatic carbocycles. The van der Waals surface area contributed by atoms with Crippen LogP contribution in [0.4, 0.5) is 0 Å². The zero-order chi connectivity index (χ0) is 23.7. The summed E-state index contributed by atoms with van der Waals surface area (Å²) in [7, 11) is 0. The predicted molar refractivity (Wildman–Crippen MR) is 116 cm³/mol. The summed E-state index contributed by atoms with van der Waals surface area (Å²) < 4.78 is 21.3. The first kappa shape index (κ1) is 25.2. The first-order chi connectivity index (χ1) is 15.3. The van der Waals surface area contributed by atoms with Crippen LogP contribution in [0.5, 0.6) is 11.5 Å². The van der Waals surface area contributed by atoms with E-state index in [0.717, 1.165) is 0 Å². The van der Waals surface area contributed by atoms with Crippen LogP contribution >= 0.6 is 0 Å². The zero-order valence-corrected chi connectivity index (χ0v) is 18.7. The van der Waals surface area contributed by atoms with Gasteiger partial charge in [0, 0.05) is 11.1 Å². The van der Waals surface area contributed by atoms with E-state index in [0.29, 0.717) is 0 Å². The SMILES string of the molecule is CCOC(=O)C(C)Oc1ccccc1C(O)C(O)c1ccccc1OC(C)C(=O)OCC. The Bertz CT molecular complexity index is 824. The number of carbonyl (C=O) groups excluding carboxylic acids is 2. The van der Waals surface area contributed by atoms with Crippen molar-refractivity contribution in [2.24, 2.45) is 0 Å². The Kier molecular flexibility index (Phi) is 9.49. The Morgan fingerprint density at radius 1 is 0.719 bits per heavy atom. The number of hydrogen-bond donors (Lipinski definition) is 2. The van der Waals surface area contributed by atoms with Crippen molar-refractivity contribution in [1.29, 1.82) is 0 Å². The van der Waals surface area contributed by atoms with Crippen LogP contribution in [0.2, 0.25) is 0 Å². The number of para-hydroxylation sites is 2. The number of carbonyl (C=O) groups is 2. The zero-order valence-electron chi connectivity index (χ0n) is 18.7. The summed E-state index contributed by atoms with van der Waals surface area (Å²) in [5.41, 5.74) is 0.564. The summed E-state index contributed by atoms with van der Waals surface area (Å²) in [6.07, 6.45) is -4.60. The van der Waals surface area contributed by atoms with E-state index >= 15 is 0 Å². The number of esters is 2. The highest BCUT2D eigenvalue weighted by atomic mass is 16.6. The first-order valence-electron chi connectivity index (χ1n) is 10.5. The average molecular weight is 446 g/mol. The lowest BCUT2D eigenvalue weighted by atomic mass is 9.97. The van der Waals surface area contributed by atoms with E-state index in [1.807, 2.05) is 0 Å². The van der Waals surface area contributed by atoms with E-state index in [1.54, 1.807) is 62.4 Å². The molecule has 0 saturated heterocycles. The average Bonchev–Trinajstić information content (AvgIpc) is 2.79. The molecule has 0 spiro atoms. The van der Waals surface area contributed by atoms with Gasteiger partial charge in [-0.15, -0.1) is 0 Å². The number of hydrogen-bond acceptors (Lipinski definition) is 8. The number of rotatable bonds is 11. The van der Waals surface area contributed by atoms with Gasteiger partial charge in [-0.25, -0.2) is 9.59 Å². The minimum absolute atomic E-state index is 0.219. The van der Waals surface area contributed by atoms with E-state index in [4.69, 9.17) is 18.9 Å². The molecule has 174 valence electrons. The Labute approximate surface area is 187 Å². The van der Waals surface area contributed by atoms with Crippen molar-refractivity contribution in [2.75, 3.05) is 13.2 Å². The van der Waals surface area contributed by atoms with Crippen LogP contribution in [0.3, 0.4) is 0 Å². The third-order valence-corrected chi connectivity index (χ3v) is 4.62. The highest BCUT2D eigenvalue weighted by Crippen LogP contribution is 2.38. The lowest BCUT2D eigenvalue weighted by Crippen LogP contribution is -2.27. The molecule has 0 aromatic heterocycles. The second kappa shape index (κ2) is 12.1. The molecule has 0 aliphatic heterocycles. The highest BCUT2D eigenvalue weighted by molar-refractivity contribution is 5.75. The monoisotopic (exact) mass is 446 g/mol. The van der Waals surface area contributed by atoms with Crippen LogP contribution in [0.15, 0.2) is 48.5 Å². The van der Waals surface area contributed by atoms with Crippen LogP contribution in [0, 0.1) is 0 Å². The summed E-state index contributed by atoms with van der Waals surface area (Å²) in [4.78, 5) is 23.8. The van der Waals surface area contributed by atoms with Crippen molar-refractivity contribution in [1.82, 2.24) is 0 Å². The van der Waals surface area contributed by atoms with Crippen molar-refractivity contribution < 1.29 is 38.7 Å². The maximum atomic E-state index is 11.9. The molecule has 2 rings (SSSR count). The molecule has 0 amide bonds. The lowest BCUT2D eigenvalue weighted by Gasteiger charge is -2.24. The minimum Gasteiger partial charge on any atom is -0.479 e. The van der Waals surface area contributed by atoms with Gasteiger partial charge in [0.1, 0.15) is 23.7 Å². The normalized spacial score (nSPS) is 14.6. The van der Waals surface area contributed by atoms with Crippen LogP contribution in [0.1, 0.15) is 51.0 Å². The van der Waals surface area contributed by atoms with Crippen molar-refractivity contribution >= 4 is 11.9 Å². The number of benzene rings is 2. The highest BCUT2D eigenvalue weighted by Gasteiger charge is 2.28. The maximum absolute atomic E-state index is 11.9. The molecule has 0 saturated carbocycles. The predicted octanol–water partition coefficient (Wildman–Crippen LogP) is 3.11. The van der Waals surface area contributed by atoms with Crippen molar-refractivity contribution in [3.63, 3.8) is 0 Å². The topological polar surface area (TPSA) is 112 Å². The van der Waals surface area contributed by atoms with Gasteiger partial charge in [-0.2, -0.15) is 0 Å². The molecule has 2 aromatic rings. The van der Waals surface area contributed by atoms with Gasteiger partial charge in [0.05, 0.1) is 13.2 Å². The fraction of sp³-hybridized carbons (Fsp3) is 0.417. The van der Waals surface area contributed by atoms with Gasteiger partial charge in [-0.1, -0.05) is 36.4 Å². The van der Waals surface area contributed by atoms with Gasteiger partial charge in [-0.05, 0) is 39.8 Å². The molecule has 32 heavy (non-hydrogen) atoms. The number of ether oxygens (including phenoxy) is 4. The van der Waals surface area contributed by atoms with Gasteiger partial charge >= 0.3 is 11.9 Å². The van der Waals surface area contributed by atoms with Crippen LogP contribution in [-0.4, -0.2) is 47.6 Å². The smallest absolute Gasteiger partial charge is 0.347 e. The number of aliphatic hydroxyl groups excluding tert-OH is 2. The number of aliphatic hydroxyl groups is 2. The summed E-state index contributed by atoms with van der Waals surface area (Å²) in [5.74, 6) is -0.608. The van der Waals surface area contributed by atoms with E-state index in [1.165, 1.54) is 13.8 Å². The van der Waals surface area contributed by atoms with E-state index in [9.17, 15) is 19.8 Å². The van der Waals surface area contributed by atoms with Gasteiger partial charge < -0.3 is 29.2 Å². The fourth-order valence-electron chi connectivity index (χ4n) is 3.00. The molecule has 8 nitrogen and oxygen atoms in total. The molecule has 0 aliphatic rings. The minimum atomic E-state index is -1.40. The van der Waals surface area contributed by atoms with Crippen LogP contribution < -0.4 is 9.47 Å². The third-order valence-electron chi connectivity index (χ3n) is 4.62. The Morgan fingerprint density at radius 3 is 1.41 bits per heavy atom. The first-order valence-corrected chi connectivity index (χ1v) is 10.5. The van der Waals surface area contributed by atoms with Crippen molar-refractivity contribution in [2.45, 2.75) is 52.1 Å². The summed E-state index contributed by atoms with van der Waals surface area (Å²) in [5, 5.41) is 21.9.